The molecule has 0 radical (unpaired) electrons. The number of ether oxygens (including phenoxy) is 1. The van der Waals surface area contributed by atoms with Crippen molar-refractivity contribution in [3.8, 4) is 0 Å². The van der Waals surface area contributed by atoms with Crippen molar-refractivity contribution in [1.82, 2.24) is 9.97 Å². The predicted octanol–water partition coefficient (Wildman–Crippen LogP) is 0.363. The fraction of sp³-hybridized carbons (Fsp3) is 0.667. The third-order valence-corrected chi connectivity index (χ3v) is 2.51. The molecule has 0 atom stereocenters. The summed E-state index contributed by atoms with van der Waals surface area (Å²) in [4.78, 5) is 6.95. The molecule has 2 heterocycles. The first-order valence-corrected chi connectivity index (χ1v) is 4.82. The van der Waals surface area contributed by atoms with Crippen molar-refractivity contribution < 1.29 is 9.84 Å². The maximum absolute atomic E-state index is 10.1. The van der Waals surface area contributed by atoms with Crippen LogP contribution in [0.25, 0.3) is 0 Å². The molecule has 1 aliphatic rings. The lowest BCUT2D eigenvalue weighted by Gasteiger charge is -2.31. The van der Waals surface area contributed by atoms with Crippen molar-refractivity contribution in [3.05, 3.63) is 12.4 Å². The van der Waals surface area contributed by atoms with Gasteiger partial charge in [0.2, 0.25) is 0 Å². The second kappa shape index (κ2) is 3.98. The molecule has 0 saturated carbocycles. The third-order valence-electron chi connectivity index (χ3n) is 2.51. The molecule has 0 aromatic carbocycles. The summed E-state index contributed by atoms with van der Waals surface area (Å²) in [5.41, 5.74) is -0.648. The molecule has 78 valence electrons. The summed E-state index contributed by atoms with van der Waals surface area (Å²) < 4.78 is 5.19. The fourth-order valence-electron chi connectivity index (χ4n) is 1.54. The van der Waals surface area contributed by atoms with Gasteiger partial charge >= 0.3 is 0 Å². The highest BCUT2D eigenvalue weighted by molar-refractivity contribution is 5.23. The molecule has 14 heavy (non-hydrogen) atoms. The molecule has 1 saturated heterocycles. The van der Waals surface area contributed by atoms with Crippen LogP contribution in [0.15, 0.2) is 12.4 Å². The van der Waals surface area contributed by atoms with Crippen LogP contribution < -0.4 is 5.32 Å². The molecule has 5 heteroatoms. The molecule has 0 spiro atoms. The Morgan fingerprint density at radius 3 is 3.00 bits per heavy atom. The van der Waals surface area contributed by atoms with Crippen LogP contribution in [0.2, 0.25) is 0 Å². The number of nitrogens with zero attached hydrogens (tertiary/aromatic N) is 1. The summed E-state index contributed by atoms with van der Waals surface area (Å²) in [5, 5.41) is 13.1. The number of H-pyrrole nitrogens is 1. The van der Waals surface area contributed by atoms with Crippen LogP contribution in [0.4, 0.5) is 5.95 Å². The Morgan fingerprint density at radius 2 is 2.36 bits per heavy atom. The van der Waals surface area contributed by atoms with Crippen LogP contribution in [0.5, 0.6) is 0 Å². The first-order valence-electron chi connectivity index (χ1n) is 4.82. The Kier molecular flexibility index (Phi) is 2.69. The van der Waals surface area contributed by atoms with Gasteiger partial charge in [0, 0.05) is 45.0 Å². The topological polar surface area (TPSA) is 70.2 Å². The highest BCUT2D eigenvalue weighted by atomic mass is 16.5. The maximum atomic E-state index is 10.1. The SMILES string of the molecule is OC1(CNc2ncc[nH]2)CCOCC1. The Balaban J connectivity index is 1.84. The van der Waals surface area contributed by atoms with Crippen LogP contribution in [0.3, 0.4) is 0 Å². The Hall–Kier alpha value is -1.07. The molecule has 1 aromatic heterocycles. The average molecular weight is 197 g/mol. The molecule has 0 bridgehead atoms. The minimum absolute atomic E-state index is 0.518. The summed E-state index contributed by atoms with van der Waals surface area (Å²) in [6, 6.07) is 0. The molecule has 3 N–H and O–H groups in total. The van der Waals surface area contributed by atoms with Gasteiger partial charge in [-0.2, -0.15) is 0 Å². The van der Waals surface area contributed by atoms with Gasteiger partial charge in [-0.3, -0.25) is 0 Å². The predicted molar refractivity (Wildman–Crippen MR) is 52.1 cm³/mol. The van der Waals surface area contributed by atoms with Crippen LogP contribution in [0.1, 0.15) is 12.8 Å². The number of hydrogen-bond donors (Lipinski definition) is 3. The molecule has 2 rings (SSSR count). The number of aromatic nitrogens is 2. The molecule has 5 nitrogen and oxygen atoms in total. The molecular weight excluding hydrogens is 182 g/mol. The highest BCUT2D eigenvalue weighted by Gasteiger charge is 2.29. The van der Waals surface area contributed by atoms with E-state index >= 15 is 0 Å². The highest BCUT2D eigenvalue weighted by Crippen LogP contribution is 2.20. The zero-order valence-corrected chi connectivity index (χ0v) is 7.99. The second-order valence-corrected chi connectivity index (χ2v) is 3.63. The minimum Gasteiger partial charge on any atom is -0.388 e. The van der Waals surface area contributed by atoms with Crippen molar-refractivity contribution in [2.75, 3.05) is 25.1 Å². The molecule has 0 unspecified atom stereocenters. The van der Waals surface area contributed by atoms with E-state index in [1.165, 1.54) is 0 Å². The maximum Gasteiger partial charge on any atom is 0.200 e. The summed E-state index contributed by atoms with van der Waals surface area (Å²) in [6.07, 6.45) is 4.79. The summed E-state index contributed by atoms with van der Waals surface area (Å²) >= 11 is 0. The molecule has 0 aliphatic carbocycles. The number of aliphatic hydroxyl groups is 1. The average Bonchev–Trinajstić information content (AvgIpc) is 2.69. The lowest BCUT2D eigenvalue weighted by molar-refractivity contribution is -0.0544. The van der Waals surface area contributed by atoms with Crippen LogP contribution in [-0.2, 0) is 4.74 Å². The lowest BCUT2D eigenvalue weighted by Crippen LogP contribution is -2.42. The molecule has 1 aliphatic heterocycles. The summed E-state index contributed by atoms with van der Waals surface area (Å²) in [7, 11) is 0. The number of rotatable bonds is 3. The first kappa shape index (κ1) is 9.48. The Morgan fingerprint density at radius 1 is 1.57 bits per heavy atom. The van der Waals surface area contributed by atoms with Crippen molar-refractivity contribution in [2.45, 2.75) is 18.4 Å². The second-order valence-electron chi connectivity index (χ2n) is 3.63. The molecule has 1 fully saturated rings. The largest absolute Gasteiger partial charge is 0.388 e. The van der Waals surface area contributed by atoms with E-state index < -0.39 is 5.60 Å². The van der Waals surface area contributed by atoms with E-state index in [0.29, 0.717) is 38.5 Å². The van der Waals surface area contributed by atoms with Crippen molar-refractivity contribution in [2.24, 2.45) is 0 Å². The van der Waals surface area contributed by atoms with E-state index in [1.54, 1.807) is 12.4 Å². The van der Waals surface area contributed by atoms with Crippen LogP contribution >= 0.6 is 0 Å². The van der Waals surface area contributed by atoms with E-state index in [4.69, 9.17) is 4.74 Å². The zero-order valence-electron chi connectivity index (χ0n) is 7.99. The van der Waals surface area contributed by atoms with Crippen molar-refractivity contribution >= 4 is 5.95 Å². The summed E-state index contributed by atoms with van der Waals surface area (Å²) in [6.45, 7) is 1.79. The minimum atomic E-state index is -0.648. The van der Waals surface area contributed by atoms with Gasteiger partial charge in [0.25, 0.3) is 0 Å². The van der Waals surface area contributed by atoms with Gasteiger partial charge in [-0.15, -0.1) is 0 Å². The number of anilines is 1. The van der Waals surface area contributed by atoms with Gasteiger partial charge in [0.15, 0.2) is 5.95 Å². The van der Waals surface area contributed by atoms with E-state index in [0.717, 1.165) is 0 Å². The zero-order chi connectivity index (χ0) is 9.86. The fourth-order valence-corrected chi connectivity index (χ4v) is 1.54. The number of hydrogen-bond acceptors (Lipinski definition) is 4. The number of aromatic amines is 1. The van der Waals surface area contributed by atoms with E-state index in [1.807, 2.05) is 0 Å². The normalized spacial score (nSPS) is 20.6. The third kappa shape index (κ3) is 2.24. The van der Waals surface area contributed by atoms with Gasteiger partial charge < -0.3 is 20.1 Å². The number of imidazole rings is 1. The van der Waals surface area contributed by atoms with Gasteiger partial charge in [-0.05, 0) is 0 Å². The van der Waals surface area contributed by atoms with Gasteiger partial charge in [-0.1, -0.05) is 0 Å². The van der Waals surface area contributed by atoms with Gasteiger partial charge in [0.05, 0.1) is 5.60 Å². The summed E-state index contributed by atoms with van der Waals surface area (Å²) in [5.74, 6) is 0.699. The van der Waals surface area contributed by atoms with Crippen molar-refractivity contribution in [3.63, 3.8) is 0 Å². The van der Waals surface area contributed by atoms with E-state index in [-0.39, 0.29) is 0 Å². The molecule has 1 aromatic rings. The van der Waals surface area contributed by atoms with E-state index in [9.17, 15) is 5.11 Å². The first-order chi connectivity index (χ1) is 6.79. The quantitative estimate of drug-likeness (QED) is 0.654. The lowest BCUT2D eigenvalue weighted by atomic mass is 9.94. The van der Waals surface area contributed by atoms with Crippen LogP contribution in [-0.4, -0.2) is 40.4 Å². The molecular formula is C9H15N3O2. The molecule has 0 amide bonds. The number of nitrogens with one attached hydrogen (secondary N) is 2. The van der Waals surface area contributed by atoms with Gasteiger partial charge in [0.1, 0.15) is 0 Å². The smallest absolute Gasteiger partial charge is 0.200 e. The standard InChI is InChI=1S/C9H15N3O2/c13-9(1-5-14-6-2-9)7-12-8-10-3-4-11-8/h3-4,13H,1-2,5-7H2,(H2,10,11,12). The van der Waals surface area contributed by atoms with Crippen LogP contribution in [0, 0.1) is 0 Å². The van der Waals surface area contributed by atoms with E-state index in [2.05, 4.69) is 15.3 Å². The Labute approximate surface area is 82.5 Å². The monoisotopic (exact) mass is 197 g/mol. The van der Waals surface area contributed by atoms with Gasteiger partial charge in [-0.25, -0.2) is 4.98 Å². The van der Waals surface area contributed by atoms with Crippen molar-refractivity contribution in [1.29, 1.82) is 0 Å². The Bertz CT molecular complexity index is 268.